The first-order valence-electron chi connectivity index (χ1n) is 7.04. The summed E-state index contributed by atoms with van der Waals surface area (Å²) in [7, 11) is 0. The quantitative estimate of drug-likeness (QED) is 0.679. The molecule has 0 atom stereocenters. The predicted molar refractivity (Wildman–Crippen MR) is 85.2 cm³/mol. The third kappa shape index (κ3) is 3.38. The lowest BCUT2D eigenvalue weighted by molar-refractivity contribution is 0.0473. The molecule has 0 saturated carbocycles. The number of esters is 1. The molecule has 0 aliphatic heterocycles. The third-order valence-electron chi connectivity index (χ3n) is 3.33. The van der Waals surface area contributed by atoms with Crippen LogP contribution in [0.5, 0.6) is 0 Å². The van der Waals surface area contributed by atoms with Crippen molar-refractivity contribution in [1.29, 1.82) is 0 Å². The summed E-state index contributed by atoms with van der Waals surface area (Å²) < 4.78 is 5.31. The zero-order valence-electron chi connectivity index (χ0n) is 12.0. The second-order valence-electron chi connectivity index (χ2n) is 4.88. The fourth-order valence-electron chi connectivity index (χ4n) is 2.14. The van der Waals surface area contributed by atoms with Gasteiger partial charge in [0.25, 0.3) is 0 Å². The molecule has 108 valence electrons. The average molecular weight is 289 g/mol. The van der Waals surface area contributed by atoms with Gasteiger partial charge in [0.05, 0.1) is 5.56 Å². The van der Waals surface area contributed by atoms with Crippen LogP contribution in [0.2, 0.25) is 0 Å². The molecule has 0 fully saturated rings. The van der Waals surface area contributed by atoms with E-state index in [9.17, 15) is 4.79 Å². The minimum absolute atomic E-state index is 0.282. The van der Waals surface area contributed by atoms with Crippen molar-refractivity contribution in [2.45, 2.75) is 6.61 Å². The Kier molecular flexibility index (Phi) is 4.25. The largest absolute Gasteiger partial charge is 0.457 e. The Morgan fingerprint density at radius 1 is 0.864 bits per heavy atom. The summed E-state index contributed by atoms with van der Waals surface area (Å²) in [6.45, 7) is 0.282. The van der Waals surface area contributed by atoms with Crippen molar-refractivity contribution in [2.75, 3.05) is 0 Å². The van der Waals surface area contributed by atoms with Gasteiger partial charge in [-0.3, -0.25) is 4.98 Å². The summed E-state index contributed by atoms with van der Waals surface area (Å²) >= 11 is 0. The minimum Gasteiger partial charge on any atom is -0.457 e. The van der Waals surface area contributed by atoms with E-state index in [1.807, 2.05) is 54.6 Å². The van der Waals surface area contributed by atoms with Crippen LogP contribution in [0.4, 0.5) is 0 Å². The molecule has 0 saturated heterocycles. The van der Waals surface area contributed by atoms with Crippen LogP contribution in [0.25, 0.3) is 11.1 Å². The first-order chi connectivity index (χ1) is 10.8. The SMILES string of the molecule is O=C(OCc1ccccc1)c1ccc(-c2cccnc2)cc1. The van der Waals surface area contributed by atoms with Crippen LogP contribution in [0.15, 0.2) is 79.1 Å². The fourth-order valence-corrected chi connectivity index (χ4v) is 2.14. The highest BCUT2D eigenvalue weighted by Crippen LogP contribution is 2.18. The Labute approximate surface area is 129 Å². The van der Waals surface area contributed by atoms with E-state index in [-0.39, 0.29) is 12.6 Å². The van der Waals surface area contributed by atoms with E-state index in [1.165, 1.54) is 0 Å². The van der Waals surface area contributed by atoms with Crippen LogP contribution < -0.4 is 0 Å². The monoisotopic (exact) mass is 289 g/mol. The van der Waals surface area contributed by atoms with Crippen molar-refractivity contribution >= 4 is 5.97 Å². The van der Waals surface area contributed by atoms with E-state index in [2.05, 4.69) is 4.98 Å². The van der Waals surface area contributed by atoms with Gasteiger partial charge in [-0.1, -0.05) is 48.5 Å². The second kappa shape index (κ2) is 6.68. The zero-order chi connectivity index (χ0) is 15.2. The molecule has 0 N–H and O–H groups in total. The number of hydrogen-bond acceptors (Lipinski definition) is 3. The van der Waals surface area contributed by atoms with Crippen LogP contribution in [-0.2, 0) is 11.3 Å². The van der Waals surface area contributed by atoms with Crippen molar-refractivity contribution in [3.8, 4) is 11.1 Å². The van der Waals surface area contributed by atoms with Crippen molar-refractivity contribution in [1.82, 2.24) is 4.98 Å². The third-order valence-corrected chi connectivity index (χ3v) is 3.33. The van der Waals surface area contributed by atoms with E-state index in [4.69, 9.17) is 4.74 Å². The van der Waals surface area contributed by atoms with Crippen molar-refractivity contribution in [2.24, 2.45) is 0 Å². The van der Waals surface area contributed by atoms with Gasteiger partial charge in [0.15, 0.2) is 0 Å². The number of benzene rings is 2. The maximum Gasteiger partial charge on any atom is 0.338 e. The molecule has 3 heteroatoms. The molecule has 0 spiro atoms. The number of carbonyl (C=O) groups is 1. The highest BCUT2D eigenvalue weighted by atomic mass is 16.5. The molecule has 1 heterocycles. The van der Waals surface area contributed by atoms with Gasteiger partial charge >= 0.3 is 5.97 Å². The molecule has 0 aliphatic carbocycles. The van der Waals surface area contributed by atoms with Gasteiger partial charge in [-0.05, 0) is 34.9 Å². The fraction of sp³-hybridized carbons (Fsp3) is 0.0526. The van der Waals surface area contributed by atoms with Crippen LogP contribution in [0.3, 0.4) is 0 Å². The van der Waals surface area contributed by atoms with Crippen LogP contribution in [0.1, 0.15) is 15.9 Å². The van der Waals surface area contributed by atoms with Crippen molar-refractivity contribution in [3.05, 3.63) is 90.3 Å². The molecule has 1 aromatic heterocycles. The minimum atomic E-state index is -0.318. The summed E-state index contributed by atoms with van der Waals surface area (Å²) in [4.78, 5) is 16.1. The lowest BCUT2D eigenvalue weighted by Gasteiger charge is -2.06. The number of rotatable bonds is 4. The van der Waals surface area contributed by atoms with Gasteiger partial charge in [-0.15, -0.1) is 0 Å². The Morgan fingerprint density at radius 2 is 1.64 bits per heavy atom. The first-order valence-corrected chi connectivity index (χ1v) is 7.04. The summed E-state index contributed by atoms with van der Waals surface area (Å²) in [6, 6.07) is 20.8. The number of carbonyl (C=O) groups excluding carboxylic acids is 1. The Morgan fingerprint density at radius 3 is 2.32 bits per heavy atom. The highest BCUT2D eigenvalue weighted by molar-refractivity contribution is 5.90. The van der Waals surface area contributed by atoms with E-state index in [0.29, 0.717) is 5.56 Å². The number of ether oxygens (including phenoxy) is 1. The maximum absolute atomic E-state index is 12.0. The standard InChI is InChI=1S/C19H15NO2/c21-19(22-14-15-5-2-1-3-6-15)17-10-8-16(9-11-17)18-7-4-12-20-13-18/h1-13H,14H2. The summed E-state index contributed by atoms with van der Waals surface area (Å²) in [5.41, 5.74) is 3.56. The van der Waals surface area contributed by atoms with Crippen molar-refractivity contribution < 1.29 is 9.53 Å². The van der Waals surface area contributed by atoms with Gasteiger partial charge in [-0.2, -0.15) is 0 Å². The van der Waals surface area contributed by atoms with Crippen molar-refractivity contribution in [3.63, 3.8) is 0 Å². The molecule has 0 bridgehead atoms. The summed E-state index contributed by atoms with van der Waals surface area (Å²) in [5.74, 6) is -0.318. The maximum atomic E-state index is 12.0. The van der Waals surface area contributed by atoms with E-state index in [1.54, 1.807) is 24.5 Å². The number of hydrogen-bond donors (Lipinski definition) is 0. The molecule has 0 radical (unpaired) electrons. The average Bonchev–Trinajstić information content (AvgIpc) is 2.61. The molecule has 3 nitrogen and oxygen atoms in total. The summed E-state index contributed by atoms with van der Waals surface area (Å²) in [5, 5.41) is 0. The molecule has 22 heavy (non-hydrogen) atoms. The van der Waals surface area contributed by atoms with Gasteiger partial charge in [0.2, 0.25) is 0 Å². The molecule has 3 aromatic rings. The molecule has 3 rings (SSSR count). The first kappa shape index (κ1) is 14.0. The van der Waals surface area contributed by atoms with Gasteiger partial charge in [-0.25, -0.2) is 4.79 Å². The molecule has 2 aromatic carbocycles. The van der Waals surface area contributed by atoms with Crippen LogP contribution in [0, 0.1) is 0 Å². The predicted octanol–water partition coefficient (Wildman–Crippen LogP) is 4.11. The summed E-state index contributed by atoms with van der Waals surface area (Å²) in [6.07, 6.45) is 3.53. The van der Waals surface area contributed by atoms with Gasteiger partial charge in [0.1, 0.15) is 6.61 Å². The van der Waals surface area contributed by atoms with Crippen LogP contribution >= 0.6 is 0 Å². The highest BCUT2D eigenvalue weighted by Gasteiger charge is 2.07. The van der Waals surface area contributed by atoms with E-state index >= 15 is 0 Å². The lowest BCUT2D eigenvalue weighted by Crippen LogP contribution is -2.05. The van der Waals surface area contributed by atoms with Gasteiger partial charge < -0.3 is 4.74 Å². The number of aromatic nitrogens is 1. The molecule has 0 unspecified atom stereocenters. The lowest BCUT2D eigenvalue weighted by atomic mass is 10.1. The van der Waals surface area contributed by atoms with Gasteiger partial charge in [0, 0.05) is 12.4 Å². The Hall–Kier alpha value is -2.94. The smallest absolute Gasteiger partial charge is 0.338 e. The Balaban J connectivity index is 1.66. The van der Waals surface area contributed by atoms with E-state index < -0.39 is 0 Å². The normalized spacial score (nSPS) is 10.2. The molecular weight excluding hydrogens is 274 g/mol. The van der Waals surface area contributed by atoms with E-state index in [0.717, 1.165) is 16.7 Å². The second-order valence-corrected chi connectivity index (χ2v) is 4.88. The molecule has 0 amide bonds. The number of nitrogens with zero attached hydrogens (tertiary/aromatic N) is 1. The Bertz CT molecular complexity index is 737. The molecule has 0 aliphatic rings. The number of pyridine rings is 1. The topological polar surface area (TPSA) is 39.2 Å². The zero-order valence-corrected chi connectivity index (χ0v) is 12.0. The molecular formula is C19H15NO2. The van der Waals surface area contributed by atoms with Crippen LogP contribution in [-0.4, -0.2) is 11.0 Å².